The maximum atomic E-state index is 14.1. The predicted octanol–water partition coefficient (Wildman–Crippen LogP) is 5.59. The van der Waals surface area contributed by atoms with Crippen LogP contribution in [0.25, 0.3) is 0 Å². The number of aromatic nitrogens is 4. The lowest BCUT2D eigenvalue weighted by atomic mass is 9.84. The van der Waals surface area contributed by atoms with Crippen molar-refractivity contribution >= 4 is 29.4 Å². The highest BCUT2D eigenvalue weighted by molar-refractivity contribution is 7.99. The standard InChI is InChI=1S/C38H43N7O5S/c1-25-20-21-40-45(25)23-33-43-44-38(50-33)51-24-32-26(2)39-22-30(49-32)19-18-27-12-10-11-17-31(27)41-36(46)35(42-37(47)48-3)34(28-13-6-4-7-14-28)29-15-8-5-9-16-29/h4-17,20-21,26,30,32,34-35,39H,18-19,22-24H2,1-3H3,(H,41,46)(H,42,47)/t26-,30-,32-,35+/m1/s1. The number of rotatable bonds is 14. The van der Waals surface area contributed by atoms with Crippen LogP contribution in [-0.4, -0.2) is 75.7 Å². The first-order chi connectivity index (χ1) is 24.9. The van der Waals surface area contributed by atoms with E-state index in [2.05, 4.69) is 38.2 Å². The summed E-state index contributed by atoms with van der Waals surface area (Å²) in [5, 5.41) is 22.7. The van der Waals surface area contributed by atoms with Gasteiger partial charge in [-0.25, -0.2) is 4.79 Å². The number of para-hydroxylation sites is 1. The minimum atomic E-state index is -0.953. The fraction of sp³-hybridized carbons (Fsp3) is 0.342. The lowest BCUT2D eigenvalue weighted by Crippen LogP contribution is -2.52. The molecule has 0 radical (unpaired) electrons. The van der Waals surface area contributed by atoms with Crippen molar-refractivity contribution in [2.45, 2.75) is 68.7 Å². The lowest BCUT2D eigenvalue weighted by Gasteiger charge is -2.35. The molecule has 2 aromatic heterocycles. The average molecular weight is 710 g/mol. The number of nitrogens with zero attached hydrogens (tertiary/aromatic N) is 4. The van der Waals surface area contributed by atoms with E-state index in [-0.39, 0.29) is 24.2 Å². The van der Waals surface area contributed by atoms with Gasteiger partial charge in [0.25, 0.3) is 5.22 Å². The van der Waals surface area contributed by atoms with E-state index in [1.54, 1.807) is 6.20 Å². The lowest BCUT2D eigenvalue weighted by molar-refractivity contribution is -0.118. The summed E-state index contributed by atoms with van der Waals surface area (Å²) < 4.78 is 19.2. The normalized spacial score (nSPS) is 17.9. The van der Waals surface area contributed by atoms with Crippen LogP contribution < -0.4 is 16.0 Å². The number of carbonyl (C=O) groups is 2. The van der Waals surface area contributed by atoms with E-state index >= 15 is 0 Å². The van der Waals surface area contributed by atoms with Crippen LogP contribution in [0.15, 0.2) is 107 Å². The molecule has 0 bridgehead atoms. The summed E-state index contributed by atoms with van der Waals surface area (Å²) in [6.45, 7) is 5.24. The van der Waals surface area contributed by atoms with E-state index in [1.165, 1.54) is 18.9 Å². The summed E-state index contributed by atoms with van der Waals surface area (Å²) in [5.74, 6) is 0.345. The van der Waals surface area contributed by atoms with Crippen molar-refractivity contribution in [3.63, 3.8) is 0 Å². The Labute approximate surface area is 301 Å². The number of amides is 2. The average Bonchev–Trinajstić information content (AvgIpc) is 3.79. The monoisotopic (exact) mass is 709 g/mol. The second-order valence-corrected chi connectivity index (χ2v) is 13.5. The highest BCUT2D eigenvalue weighted by Gasteiger charge is 2.34. The molecule has 4 atom stereocenters. The molecular formula is C38H43N7O5S. The first-order valence-corrected chi connectivity index (χ1v) is 18.0. The summed E-state index contributed by atoms with van der Waals surface area (Å²) >= 11 is 1.48. The number of benzene rings is 3. The van der Waals surface area contributed by atoms with Gasteiger partial charge in [0, 0.05) is 41.8 Å². The van der Waals surface area contributed by atoms with E-state index in [4.69, 9.17) is 13.9 Å². The molecule has 1 aliphatic heterocycles. The zero-order valence-electron chi connectivity index (χ0n) is 28.9. The largest absolute Gasteiger partial charge is 0.453 e. The van der Waals surface area contributed by atoms with Crippen LogP contribution in [0.4, 0.5) is 10.5 Å². The van der Waals surface area contributed by atoms with Gasteiger partial charge in [-0.15, -0.1) is 10.2 Å². The number of aryl methyl sites for hydroxylation is 2. The van der Waals surface area contributed by atoms with Gasteiger partial charge in [0.1, 0.15) is 12.6 Å². The number of morpholine rings is 1. The first-order valence-electron chi connectivity index (χ1n) is 17.0. The van der Waals surface area contributed by atoms with Crippen LogP contribution in [0.5, 0.6) is 0 Å². The van der Waals surface area contributed by atoms with Gasteiger partial charge in [-0.05, 0) is 55.5 Å². The number of nitrogens with one attached hydrogen (secondary N) is 3. The molecule has 0 unspecified atom stereocenters. The van der Waals surface area contributed by atoms with E-state index in [0.717, 1.165) is 28.8 Å². The molecule has 0 saturated carbocycles. The summed E-state index contributed by atoms with van der Waals surface area (Å²) in [6.07, 6.45) is 2.37. The minimum Gasteiger partial charge on any atom is -0.453 e. The van der Waals surface area contributed by atoms with Crippen LogP contribution in [0, 0.1) is 6.92 Å². The molecule has 1 fully saturated rings. The Morgan fingerprint density at radius 2 is 1.71 bits per heavy atom. The van der Waals surface area contributed by atoms with Crippen molar-refractivity contribution in [1.82, 2.24) is 30.6 Å². The van der Waals surface area contributed by atoms with E-state index in [0.29, 0.717) is 42.1 Å². The zero-order valence-corrected chi connectivity index (χ0v) is 29.7. The van der Waals surface area contributed by atoms with Crippen LogP contribution in [0.2, 0.25) is 0 Å². The molecule has 0 spiro atoms. The molecule has 0 aliphatic carbocycles. The molecule has 51 heavy (non-hydrogen) atoms. The van der Waals surface area contributed by atoms with Gasteiger partial charge < -0.3 is 29.8 Å². The molecule has 1 saturated heterocycles. The maximum absolute atomic E-state index is 14.1. The van der Waals surface area contributed by atoms with Crippen LogP contribution in [-0.2, 0) is 27.2 Å². The number of carbonyl (C=O) groups excluding carboxylic acids is 2. The number of hydrogen-bond acceptors (Lipinski definition) is 10. The second kappa shape index (κ2) is 17.3. The Hall–Kier alpha value is -4.98. The van der Waals surface area contributed by atoms with Gasteiger partial charge in [0.2, 0.25) is 11.8 Å². The molecule has 13 heteroatoms. The zero-order chi connectivity index (χ0) is 35.6. The third kappa shape index (κ3) is 9.43. The Kier molecular flexibility index (Phi) is 12.2. The molecule has 3 N–H and O–H groups in total. The minimum absolute atomic E-state index is 0.0362. The van der Waals surface area contributed by atoms with Crippen LogP contribution >= 0.6 is 11.8 Å². The second-order valence-electron chi connectivity index (χ2n) is 12.5. The van der Waals surface area contributed by atoms with E-state index < -0.39 is 18.1 Å². The van der Waals surface area contributed by atoms with Crippen LogP contribution in [0.3, 0.4) is 0 Å². The van der Waals surface area contributed by atoms with Gasteiger partial charge in [-0.3, -0.25) is 9.48 Å². The molecule has 266 valence electrons. The van der Waals surface area contributed by atoms with Crippen molar-refractivity contribution in [3.8, 4) is 0 Å². The fourth-order valence-electron chi connectivity index (χ4n) is 6.19. The number of thioether (sulfide) groups is 1. The number of ether oxygens (including phenoxy) is 2. The first kappa shape index (κ1) is 35.8. The Morgan fingerprint density at radius 3 is 2.39 bits per heavy atom. The van der Waals surface area contributed by atoms with Crippen molar-refractivity contribution in [3.05, 3.63) is 125 Å². The van der Waals surface area contributed by atoms with Crippen LogP contribution in [0.1, 0.15) is 47.5 Å². The molecule has 1 aliphatic rings. The molecule has 12 nitrogen and oxygen atoms in total. The molecule has 3 aromatic carbocycles. The van der Waals surface area contributed by atoms with Crippen molar-refractivity contribution in [2.75, 3.05) is 24.7 Å². The Balaban J connectivity index is 1.10. The van der Waals surface area contributed by atoms with Gasteiger partial charge in [0.15, 0.2) is 0 Å². The third-order valence-corrected chi connectivity index (χ3v) is 9.94. The molecule has 2 amide bonds. The molecule has 3 heterocycles. The van der Waals surface area contributed by atoms with Gasteiger partial charge in [-0.1, -0.05) is 90.6 Å². The van der Waals surface area contributed by atoms with Crippen molar-refractivity contribution in [2.24, 2.45) is 0 Å². The molecule has 5 aromatic rings. The quantitative estimate of drug-likeness (QED) is 0.125. The smallest absolute Gasteiger partial charge is 0.407 e. The van der Waals surface area contributed by atoms with Crippen molar-refractivity contribution in [1.29, 1.82) is 0 Å². The van der Waals surface area contributed by atoms with Gasteiger partial charge in [0.05, 0.1) is 19.3 Å². The summed E-state index contributed by atoms with van der Waals surface area (Å²) in [4.78, 5) is 26.7. The number of alkyl carbamates (subject to hydrolysis) is 1. The van der Waals surface area contributed by atoms with E-state index in [9.17, 15) is 9.59 Å². The SMILES string of the molecule is COC(=O)N[C@H](C(=O)Nc1ccccc1CC[C@@H]1CN[C@H](C)[C@@H](CSc2nnc(Cn3nccc3C)o2)O1)C(c1ccccc1)c1ccccc1. The Morgan fingerprint density at radius 1 is 1.00 bits per heavy atom. The number of hydrogen-bond donors (Lipinski definition) is 3. The predicted molar refractivity (Wildman–Crippen MR) is 195 cm³/mol. The molecule has 6 rings (SSSR count). The Bertz CT molecular complexity index is 1830. The summed E-state index contributed by atoms with van der Waals surface area (Å²) in [7, 11) is 1.29. The maximum Gasteiger partial charge on any atom is 0.407 e. The highest BCUT2D eigenvalue weighted by Crippen LogP contribution is 2.30. The third-order valence-electron chi connectivity index (χ3n) is 9.03. The summed E-state index contributed by atoms with van der Waals surface area (Å²) in [5.41, 5.74) is 4.45. The molecular weight excluding hydrogens is 667 g/mol. The van der Waals surface area contributed by atoms with Gasteiger partial charge >= 0.3 is 6.09 Å². The highest BCUT2D eigenvalue weighted by atomic mass is 32.2. The topological polar surface area (TPSA) is 145 Å². The van der Waals surface area contributed by atoms with Crippen molar-refractivity contribution < 1.29 is 23.5 Å². The fourth-order valence-corrected chi connectivity index (χ4v) is 7.12. The van der Waals surface area contributed by atoms with Gasteiger partial charge in [-0.2, -0.15) is 5.10 Å². The summed E-state index contributed by atoms with van der Waals surface area (Å²) in [6, 6.07) is 28.2. The number of anilines is 1. The number of methoxy groups -OCH3 is 1. The van der Waals surface area contributed by atoms with E-state index in [1.807, 2.05) is 103 Å².